The lowest BCUT2D eigenvalue weighted by Crippen LogP contribution is -2.32. The van der Waals surface area contributed by atoms with Gasteiger partial charge in [-0.05, 0) is 26.7 Å². The minimum absolute atomic E-state index is 0.311. The van der Waals surface area contributed by atoms with Crippen LogP contribution in [0.4, 0.5) is 5.82 Å². The van der Waals surface area contributed by atoms with E-state index in [0.717, 1.165) is 25.3 Å². The highest BCUT2D eigenvalue weighted by atomic mass is 16.5. The molecule has 0 aliphatic carbocycles. The first kappa shape index (κ1) is 12.1. The van der Waals surface area contributed by atoms with E-state index in [1.165, 1.54) is 0 Å². The van der Waals surface area contributed by atoms with E-state index in [2.05, 4.69) is 22.2 Å². The molecule has 1 aromatic rings. The molecule has 1 N–H and O–H groups in total. The summed E-state index contributed by atoms with van der Waals surface area (Å²) in [6.07, 6.45) is 2.33. The maximum atomic E-state index is 5.52. The smallest absolute Gasteiger partial charge is 0.218 e. The maximum Gasteiger partial charge on any atom is 0.218 e. The fraction of sp³-hybridized carbons (Fsp3) is 0.667. The summed E-state index contributed by atoms with van der Waals surface area (Å²) in [7, 11) is 1.61. The Morgan fingerprint density at radius 1 is 1.47 bits per heavy atom. The van der Waals surface area contributed by atoms with Crippen LogP contribution in [0.2, 0.25) is 0 Å². The number of rotatable bonds is 3. The summed E-state index contributed by atoms with van der Waals surface area (Å²) < 4.78 is 10.6. The van der Waals surface area contributed by atoms with E-state index in [1.807, 2.05) is 13.0 Å². The van der Waals surface area contributed by atoms with Gasteiger partial charge < -0.3 is 14.8 Å². The third-order valence-electron chi connectivity index (χ3n) is 2.86. The van der Waals surface area contributed by atoms with Crippen molar-refractivity contribution in [1.82, 2.24) is 9.97 Å². The number of hydrogen-bond acceptors (Lipinski definition) is 5. The van der Waals surface area contributed by atoms with E-state index in [4.69, 9.17) is 9.47 Å². The van der Waals surface area contributed by atoms with Gasteiger partial charge in [0.25, 0.3) is 0 Å². The van der Waals surface area contributed by atoms with Gasteiger partial charge in [0, 0.05) is 18.7 Å². The van der Waals surface area contributed by atoms with Gasteiger partial charge in [-0.25, -0.2) is 4.98 Å². The molecule has 1 aliphatic rings. The molecule has 17 heavy (non-hydrogen) atoms. The molecule has 0 amide bonds. The number of hydrogen-bond donors (Lipinski definition) is 1. The van der Waals surface area contributed by atoms with Gasteiger partial charge in [0.05, 0.1) is 13.2 Å². The Morgan fingerprint density at radius 3 is 3.00 bits per heavy atom. The summed E-state index contributed by atoms with van der Waals surface area (Å²) in [6, 6.07) is 2.24. The van der Waals surface area contributed by atoms with Gasteiger partial charge in [0.2, 0.25) is 5.88 Å². The molecule has 1 aliphatic heterocycles. The predicted molar refractivity (Wildman–Crippen MR) is 65.4 cm³/mol. The van der Waals surface area contributed by atoms with E-state index in [1.54, 1.807) is 7.11 Å². The molecule has 0 aromatic carbocycles. The normalized spacial score (nSPS) is 24.4. The fourth-order valence-corrected chi connectivity index (χ4v) is 2.06. The van der Waals surface area contributed by atoms with Crippen molar-refractivity contribution in [2.24, 2.45) is 0 Å². The molecular formula is C12H19N3O2. The summed E-state index contributed by atoms with van der Waals surface area (Å²) in [5.41, 5.74) is 0. The molecule has 5 heteroatoms. The number of nitrogens with zero attached hydrogens (tertiary/aromatic N) is 2. The van der Waals surface area contributed by atoms with Gasteiger partial charge in [0.1, 0.15) is 11.6 Å². The van der Waals surface area contributed by atoms with Crippen LogP contribution in [-0.2, 0) is 4.74 Å². The average Bonchev–Trinajstić information content (AvgIpc) is 2.28. The number of aryl methyl sites for hydroxylation is 1. The summed E-state index contributed by atoms with van der Waals surface area (Å²) in [4.78, 5) is 8.52. The standard InChI is InChI=1S/C12H19N3O2/c1-8-6-10(4-5-17-8)15-11-7-12(16-3)14-9(2)13-11/h7-8,10H,4-6H2,1-3H3,(H,13,14,15). The third kappa shape index (κ3) is 3.30. The van der Waals surface area contributed by atoms with Crippen LogP contribution >= 0.6 is 0 Å². The molecule has 1 aromatic heterocycles. The molecule has 0 bridgehead atoms. The zero-order valence-electron chi connectivity index (χ0n) is 10.6. The van der Waals surface area contributed by atoms with Crippen molar-refractivity contribution < 1.29 is 9.47 Å². The first-order valence-corrected chi connectivity index (χ1v) is 5.95. The SMILES string of the molecule is COc1cc(NC2CCOC(C)C2)nc(C)n1. The lowest BCUT2D eigenvalue weighted by molar-refractivity contribution is 0.0232. The highest BCUT2D eigenvalue weighted by Crippen LogP contribution is 2.19. The highest BCUT2D eigenvalue weighted by Gasteiger charge is 2.19. The second kappa shape index (κ2) is 5.31. The molecule has 2 unspecified atom stereocenters. The van der Waals surface area contributed by atoms with Crippen LogP contribution in [0.3, 0.4) is 0 Å². The molecule has 94 valence electrons. The van der Waals surface area contributed by atoms with E-state index < -0.39 is 0 Å². The van der Waals surface area contributed by atoms with Crippen molar-refractivity contribution in [3.63, 3.8) is 0 Å². The number of ether oxygens (including phenoxy) is 2. The number of anilines is 1. The van der Waals surface area contributed by atoms with Crippen LogP contribution in [0.25, 0.3) is 0 Å². The Kier molecular flexibility index (Phi) is 3.78. The summed E-state index contributed by atoms with van der Waals surface area (Å²) in [5, 5.41) is 3.42. The van der Waals surface area contributed by atoms with Crippen LogP contribution in [0, 0.1) is 6.92 Å². The third-order valence-corrected chi connectivity index (χ3v) is 2.86. The Balaban J connectivity index is 2.04. The van der Waals surface area contributed by atoms with Crippen LogP contribution in [-0.4, -0.2) is 35.8 Å². The van der Waals surface area contributed by atoms with Crippen LogP contribution in [0.15, 0.2) is 6.07 Å². The van der Waals surface area contributed by atoms with Crippen molar-refractivity contribution in [2.75, 3.05) is 19.0 Å². The molecular weight excluding hydrogens is 218 g/mol. The molecule has 2 rings (SSSR count). The predicted octanol–water partition coefficient (Wildman–Crippen LogP) is 1.77. The Hall–Kier alpha value is -1.36. The summed E-state index contributed by atoms with van der Waals surface area (Å²) in [6.45, 7) is 4.76. The maximum absolute atomic E-state index is 5.52. The van der Waals surface area contributed by atoms with E-state index >= 15 is 0 Å². The van der Waals surface area contributed by atoms with Crippen LogP contribution in [0.5, 0.6) is 5.88 Å². The largest absolute Gasteiger partial charge is 0.481 e. The first-order valence-electron chi connectivity index (χ1n) is 5.95. The molecule has 2 atom stereocenters. The van der Waals surface area contributed by atoms with Crippen molar-refractivity contribution in [1.29, 1.82) is 0 Å². The van der Waals surface area contributed by atoms with Crippen molar-refractivity contribution >= 4 is 5.82 Å². The number of methoxy groups -OCH3 is 1. The molecule has 2 heterocycles. The fourth-order valence-electron chi connectivity index (χ4n) is 2.06. The summed E-state index contributed by atoms with van der Waals surface area (Å²) >= 11 is 0. The molecule has 0 radical (unpaired) electrons. The Labute approximate surface area is 102 Å². The van der Waals surface area contributed by atoms with Crippen molar-refractivity contribution in [3.05, 3.63) is 11.9 Å². The second-order valence-corrected chi connectivity index (χ2v) is 4.39. The quantitative estimate of drug-likeness (QED) is 0.868. The minimum Gasteiger partial charge on any atom is -0.481 e. The minimum atomic E-state index is 0.311. The van der Waals surface area contributed by atoms with Gasteiger partial charge in [-0.15, -0.1) is 0 Å². The monoisotopic (exact) mass is 237 g/mol. The van der Waals surface area contributed by atoms with Crippen molar-refractivity contribution in [2.45, 2.75) is 38.8 Å². The number of nitrogens with one attached hydrogen (secondary N) is 1. The molecule has 1 fully saturated rings. The highest BCUT2D eigenvalue weighted by molar-refractivity contribution is 5.39. The average molecular weight is 237 g/mol. The molecule has 5 nitrogen and oxygen atoms in total. The zero-order valence-corrected chi connectivity index (χ0v) is 10.6. The lowest BCUT2D eigenvalue weighted by atomic mass is 10.0. The topological polar surface area (TPSA) is 56.3 Å². The molecule has 1 saturated heterocycles. The zero-order chi connectivity index (χ0) is 12.3. The number of aromatic nitrogens is 2. The first-order chi connectivity index (χ1) is 8.17. The Morgan fingerprint density at radius 2 is 2.29 bits per heavy atom. The van der Waals surface area contributed by atoms with E-state index in [9.17, 15) is 0 Å². The lowest BCUT2D eigenvalue weighted by Gasteiger charge is -2.28. The van der Waals surface area contributed by atoms with E-state index in [-0.39, 0.29) is 0 Å². The van der Waals surface area contributed by atoms with E-state index in [0.29, 0.717) is 23.9 Å². The van der Waals surface area contributed by atoms with Gasteiger partial charge >= 0.3 is 0 Å². The van der Waals surface area contributed by atoms with Gasteiger partial charge in [-0.3, -0.25) is 0 Å². The van der Waals surface area contributed by atoms with Gasteiger partial charge in [0.15, 0.2) is 0 Å². The molecule has 0 spiro atoms. The Bertz CT molecular complexity index is 384. The second-order valence-electron chi connectivity index (χ2n) is 4.39. The molecule has 0 saturated carbocycles. The van der Waals surface area contributed by atoms with Crippen LogP contribution < -0.4 is 10.1 Å². The van der Waals surface area contributed by atoms with Gasteiger partial charge in [-0.1, -0.05) is 0 Å². The summed E-state index contributed by atoms with van der Waals surface area (Å²) in [5.74, 6) is 2.14. The van der Waals surface area contributed by atoms with Crippen LogP contribution in [0.1, 0.15) is 25.6 Å². The van der Waals surface area contributed by atoms with Gasteiger partial charge in [-0.2, -0.15) is 4.98 Å². The van der Waals surface area contributed by atoms with Crippen molar-refractivity contribution in [3.8, 4) is 5.88 Å².